The molecule has 1 heterocycles. The zero-order valence-electron chi connectivity index (χ0n) is 9.77. The first-order valence-electron chi connectivity index (χ1n) is 5.02. The van der Waals surface area contributed by atoms with Crippen molar-refractivity contribution in [2.45, 2.75) is 19.1 Å². The first-order chi connectivity index (χ1) is 7.67. The molecule has 7 heteroatoms. The Balaban J connectivity index is 2.41. The van der Waals surface area contributed by atoms with Crippen molar-refractivity contribution < 1.29 is 13.9 Å². The van der Waals surface area contributed by atoms with Crippen molar-refractivity contribution >= 4 is 6.01 Å². The summed E-state index contributed by atoms with van der Waals surface area (Å²) in [4.78, 5) is 0. The summed E-state index contributed by atoms with van der Waals surface area (Å²) in [5.41, 5.74) is 5.59. The summed E-state index contributed by atoms with van der Waals surface area (Å²) < 4.78 is 15.4. The summed E-state index contributed by atoms with van der Waals surface area (Å²) in [6, 6.07) is 0.0747. The van der Waals surface area contributed by atoms with Crippen molar-refractivity contribution in [2.75, 3.05) is 32.7 Å². The van der Waals surface area contributed by atoms with Crippen LogP contribution in [0.4, 0.5) is 6.01 Å². The molecular weight excluding hydrogens is 212 g/mol. The maximum absolute atomic E-state index is 5.59. The molecule has 1 aromatic rings. The van der Waals surface area contributed by atoms with Gasteiger partial charge in [0.05, 0.1) is 18.8 Å². The third-order valence-electron chi connectivity index (χ3n) is 2.00. The Morgan fingerprint density at radius 2 is 2.19 bits per heavy atom. The first kappa shape index (κ1) is 12.9. The van der Waals surface area contributed by atoms with Gasteiger partial charge < -0.3 is 24.9 Å². The molecule has 2 unspecified atom stereocenters. The minimum Gasteiger partial charge on any atom is -0.406 e. The fourth-order valence-electron chi connectivity index (χ4n) is 1.09. The van der Waals surface area contributed by atoms with Crippen LogP contribution in [0.3, 0.4) is 0 Å². The molecule has 0 aliphatic heterocycles. The van der Waals surface area contributed by atoms with E-state index in [1.807, 2.05) is 0 Å². The smallest absolute Gasteiger partial charge is 0.315 e. The second kappa shape index (κ2) is 6.41. The topological polar surface area (TPSA) is 95.4 Å². The largest absolute Gasteiger partial charge is 0.406 e. The van der Waals surface area contributed by atoms with Gasteiger partial charge in [0.15, 0.2) is 0 Å². The van der Waals surface area contributed by atoms with Gasteiger partial charge in [0.25, 0.3) is 0 Å². The van der Waals surface area contributed by atoms with Crippen LogP contribution in [0, 0.1) is 0 Å². The summed E-state index contributed by atoms with van der Waals surface area (Å²) in [6.07, 6.45) is -0.0596. The van der Waals surface area contributed by atoms with Crippen LogP contribution in [0.2, 0.25) is 0 Å². The lowest BCUT2D eigenvalue weighted by molar-refractivity contribution is 0.0363. The van der Waals surface area contributed by atoms with E-state index in [1.165, 1.54) is 0 Å². The summed E-state index contributed by atoms with van der Waals surface area (Å²) in [7, 11) is 3.24. The standard InChI is InChI=1S/C9H18N4O3/c1-6(10)8-12-13-9(16-8)11-4-7(15-3)5-14-2/h6-7H,4-5,10H2,1-3H3,(H,11,13). The summed E-state index contributed by atoms with van der Waals surface area (Å²) >= 11 is 0. The van der Waals surface area contributed by atoms with E-state index in [9.17, 15) is 0 Å². The van der Waals surface area contributed by atoms with Gasteiger partial charge in [-0.1, -0.05) is 5.10 Å². The highest BCUT2D eigenvalue weighted by Gasteiger charge is 2.11. The van der Waals surface area contributed by atoms with Crippen LogP contribution in [0.15, 0.2) is 4.42 Å². The number of anilines is 1. The van der Waals surface area contributed by atoms with Crippen LogP contribution in [0.5, 0.6) is 0 Å². The molecule has 0 saturated carbocycles. The molecule has 0 saturated heterocycles. The molecule has 0 bridgehead atoms. The van der Waals surface area contributed by atoms with Gasteiger partial charge in [-0.05, 0) is 6.92 Å². The molecule has 1 aromatic heterocycles. The number of ether oxygens (including phenoxy) is 2. The zero-order chi connectivity index (χ0) is 12.0. The number of aromatic nitrogens is 2. The molecule has 0 aliphatic carbocycles. The lowest BCUT2D eigenvalue weighted by atomic mass is 10.4. The molecule has 2 atom stereocenters. The average Bonchev–Trinajstić information content (AvgIpc) is 2.73. The predicted octanol–water partition coefficient (Wildman–Crippen LogP) is 0.163. The Bertz CT molecular complexity index is 303. The third-order valence-corrected chi connectivity index (χ3v) is 2.00. The molecule has 1 rings (SSSR count). The van der Waals surface area contributed by atoms with Crippen molar-refractivity contribution in [2.24, 2.45) is 5.73 Å². The molecule has 3 N–H and O–H groups in total. The highest BCUT2D eigenvalue weighted by Crippen LogP contribution is 2.11. The summed E-state index contributed by atoms with van der Waals surface area (Å²) in [5.74, 6) is 0.406. The Labute approximate surface area is 94.3 Å². The van der Waals surface area contributed by atoms with Gasteiger partial charge in [0.2, 0.25) is 5.89 Å². The first-order valence-corrected chi connectivity index (χ1v) is 5.02. The molecule has 16 heavy (non-hydrogen) atoms. The van der Waals surface area contributed by atoms with Crippen molar-refractivity contribution in [1.82, 2.24) is 10.2 Å². The van der Waals surface area contributed by atoms with E-state index in [-0.39, 0.29) is 12.1 Å². The van der Waals surface area contributed by atoms with Gasteiger partial charge in [-0.3, -0.25) is 0 Å². The number of nitrogens with two attached hydrogens (primary N) is 1. The normalized spacial score (nSPS) is 14.8. The minimum absolute atomic E-state index is 0.0596. The van der Waals surface area contributed by atoms with Crippen LogP contribution < -0.4 is 11.1 Å². The van der Waals surface area contributed by atoms with E-state index in [1.54, 1.807) is 21.1 Å². The van der Waals surface area contributed by atoms with Gasteiger partial charge in [-0.2, -0.15) is 0 Å². The second-order valence-electron chi connectivity index (χ2n) is 3.43. The zero-order valence-corrected chi connectivity index (χ0v) is 9.77. The van der Waals surface area contributed by atoms with Gasteiger partial charge in [0.1, 0.15) is 0 Å². The quantitative estimate of drug-likeness (QED) is 0.689. The van der Waals surface area contributed by atoms with Crippen LogP contribution in [-0.2, 0) is 9.47 Å². The van der Waals surface area contributed by atoms with Crippen molar-refractivity contribution in [3.8, 4) is 0 Å². The number of methoxy groups -OCH3 is 2. The monoisotopic (exact) mass is 230 g/mol. The Hall–Kier alpha value is -1.18. The number of rotatable bonds is 7. The van der Waals surface area contributed by atoms with Crippen molar-refractivity contribution in [3.63, 3.8) is 0 Å². The number of nitrogens with one attached hydrogen (secondary N) is 1. The van der Waals surface area contributed by atoms with Gasteiger partial charge in [-0.25, -0.2) is 0 Å². The molecule has 7 nitrogen and oxygen atoms in total. The molecule has 0 spiro atoms. The molecule has 0 fully saturated rings. The fourth-order valence-corrected chi connectivity index (χ4v) is 1.09. The molecular formula is C9H18N4O3. The fraction of sp³-hybridized carbons (Fsp3) is 0.778. The molecule has 0 aromatic carbocycles. The SMILES string of the molecule is COCC(CNc1nnc(C(C)N)o1)OC. The number of hydrogen-bond acceptors (Lipinski definition) is 7. The minimum atomic E-state index is -0.264. The average molecular weight is 230 g/mol. The Morgan fingerprint density at radius 1 is 1.44 bits per heavy atom. The maximum Gasteiger partial charge on any atom is 0.315 e. The highest BCUT2D eigenvalue weighted by atomic mass is 16.5. The Morgan fingerprint density at radius 3 is 2.69 bits per heavy atom. The van der Waals surface area contributed by atoms with E-state index in [0.29, 0.717) is 25.1 Å². The Kier molecular flexibility index (Phi) is 5.17. The van der Waals surface area contributed by atoms with E-state index in [4.69, 9.17) is 19.6 Å². The van der Waals surface area contributed by atoms with Gasteiger partial charge in [-0.15, -0.1) is 5.10 Å². The van der Waals surface area contributed by atoms with E-state index in [2.05, 4.69) is 15.5 Å². The summed E-state index contributed by atoms with van der Waals surface area (Å²) in [5, 5.41) is 10.5. The van der Waals surface area contributed by atoms with E-state index < -0.39 is 0 Å². The van der Waals surface area contributed by atoms with Crippen molar-refractivity contribution in [1.29, 1.82) is 0 Å². The predicted molar refractivity (Wildman–Crippen MR) is 58.1 cm³/mol. The lowest BCUT2D eigenvalue weighted by Gasteiger charge is -2.13. The van der Waals surface area contributed by atoms with E-state index in [0.717, 1.165) is 0 Å². The van der Waals surface area contributed by atoms with Crippen LogP contribution in [0.1, 0.15) is 18.9 Å². The third kappa shape index (κ3) is 3.76. The molecule has 0 amide bonds. The van der Waals surface area contributed by atoms with Gasteiger partial charge >= 0.3 is 6.01 Å². The van der Waals surface area contributed by atoms with Crippen molar-refractivity contribution in [3.05, 3.63) is 5.89 Å². The van der Waals surface area contributed by atoms with Crippen LogP contribution >= 0.6 is 0 Å². The number of nitrogens with zero attached hydrogens (tertiary/aromatic N) is 2. The summed E-state index contributed by atoms with van der Waals surface area (Å²) in [6.45, 7) is 2.81. The van der Waals surface area contributed by atoms with E-state index >= 15 is 0 Å². The van der Waals surface area contributed by atoms with Crippen LogP contribution in [-0.4, -0.2) is 43.7 Å². The van der Waals surface area contributed by atoms with Crippen LogP contribution in [0.25, 0.3) is 0 Å². The maximum atomic E-state index is 5.59. The second-order valence-corrected chi connectivity index (χ2v) is 3.43. The highest BCUT2D eigenvalue weighted by molar-refractivity contribution is 5.17. The molecule has 0 radical (unpaired) electrons. The molecule has 0 aliphatic rings. The molecule has 92 valence electrons. The van der Waals surface area contributed by atoms with Gasteiger partial charge in [0, 0.05) is 20.8 Å². The lowest BCUT2D eigenvalue weighted by Crippen LogP contribution is -2.26. The number of hydrogen-bond donors (Lipinski definition) is 2.